The third-order valence-corrected chi connectivity index (χ3v) is 4.83. The van der Waals surface area contributed by atoms with Crippen molar-refractivity contribution in [3.63, 3.8) is 0 Å². The van der Waals surface area contributed by atoms with E-state index in [0.29, 0.717) is 5.90 Å². The highest BCUT2D eigenvalue weighted by molar-refractivity contribution is 14.1. The minimum Gasteiger partial charge on any atom is -0.457 e. The highest BCUT2D eigenvalue weighted by atomic mass is 127. The lowest BCUT2D eigenvalue weighted by molar-refractivity contribution is -0.129. The molecule has 0 N–H and O–H groups in total. The van der Waals surface area contributed by atoms with Gasteiger partial charge >= 0.3 is 5.97 Å². The summed E-state index contributed by atoms with van der Waals surface area (Å²) < 4.78 is 12.1. The number of benzene rings is 3. The summed E-state index contributed by atoms with van der Waals surface area (Å²) in [6.07, 6.45) is 1.71. The molecule has 1 aliphatic rings. The van der Waals surface area contributed by atoms with Crippen molar-refractivity contribution in [2.45, 2.75) is 0 Å². The Morgan fingerprint density at radius 1 is 0.852 bits per heavy atom. The smallest absolute Gasteiger partial charge is 0.363 e. The Hall–Kier alpha value is -2.93. The molecule has 3 aromatic carbocycles. The molecular weight excluding hydrogens is 453 g/mol. The summed E-state index contributed by atoms with van der Waals surface area (Å²) in [6, 6.07) is 24.7. The summed E-state index contributed by atoms with van der Waals surface area (Å²) >= 11 is 2.19. The first-order chi connectivity index (χ1) is 13.2. The van der Waals surface area contributed by atoms with Crippen LogP contribution in [0.15, 0.2) is 89.6 Å². The second-order valence-corrected chi connectivity index (χ2v) is 6.96. The van der Waals surface area contributed by atoms with E-state index in [-0.39, 0.29) is 5.70 Å². The van der Waals surface area contributed by atoms with Crippen LogP contribution in [0.1, 0.15) is 11.1 Å². The van der Waals surface area contributed by atoms with Crippen molar-refractivity contribution >= 4 is 40.5 Å². The van der Waals surface area contributed by atoms with E-state index in [9.17, 15) is 4.79 Å². The Morgan fingerprint density at radius 2 is 1.52 bits per heavy atom. The Bertz CT molecular complexity index is 1040. The fraction of sp³-hybridized carbons (Fsp3) is 0. The van der Waals surface area contributed by atoms with Crippen LogP contribution in [0.5, 0.6) is 11.5 Å². The summed E-state index contributed by atoms with van der Waals surface area (Å²) in [6.45, 7) is 0. The number of aliphatic imine (C=N–C) groups is 1. The van der Waals surface area contributed by atoms with Crippen molar-refractivity contribution in [2.24, 2.45) is 4.99 Å². The molecule has 132 valence electrons. The number of carbonyl (C=O) groups is 1. The summed E-state index contributed by atoms with van der Waals surface area (Å²) in [7, 11) is 0. The van der Waals surface area contributed by atoms with Gasteiger partial charge in [-0.15, -0.1) is 0 Å². The molecule has 0 amide bonds. The number of nitrogens with zero attached hydrogens (tertiary/aromatic N) is 1. The molecule has 0 saturated heterocycles. The minimum atomic E-state index is -0.450. The topological polar surface area (TPSA) is 47.9 Å². The summed E-state index contributed by atoms with van der Waals surface area (Å²) in [5.41, 5.74) is 1.93. The lowest BCUT2D eigenvalue weighted by Gasteiger charge is -2.05. The molecule has 5 heteroatoms. The number of para-hydroxylation sites is 1. The van der Waals surface area contributed by atoms with E-state index < -0.39 is 5.97 Å². The van der Waals surface area contributed by atoms with E-state index in [4.69, 9.17) is 9.47 Å². The molecule has 0 radical (unpaired) electrons. The maximum absolute atomic E-state index is 12.1. The van der Waals surface area contributed by atoms with Crippen LogP contribution < -0.4 is 4.74 Å². The van der Waals surface area contributed by atoms with Gasteiger partial charge in [0.1, 0.15) is 11.5 Å². The number of cyclic esters (lactones) is 1. The van der Waals surface area contributed by atoms with Gasteiger partial charge in [0.2, 0.25) is 5.90 Å². The normalized spacial score (nSPS) is 14.8. The molecule has 0 spiro atoms. The van der Waals surface area contributed by atoms with Crippen LogP contribution >= 0.6 is 22.6 Å². The van der Waals surface area contributed by atoms with Gasteiger partial charge in [-0.25, -0.2) is 9.79 Å². The van der Waals surface area contributed by atoms with Crippen molar-refractivity contribution in [3.05, 3.63) is 99.3 Å². The molecule has 27 heavy (non-hydrogen) atoms. The van der Waals surface area contributed by atoms with Crippen molar-refractivity contribution in [3.8, 4) is 11.5 Å². The number of ether oxygens (including phenoxy) is 2. The van der Waals surface area contributed by atoms with E-state index in [1.165, 1.54) is 0 Å². The van der Waals surface area contributed by atoms with Crippen LogP contribution in [-0.4, -0.2) is 11.9 Å². The SMILES string of the molecule is O=C1OC(c2ccccc2I)=N/C1=C/c1ccc(Oc2ccccc2)cc1. The molecule has 0 aliphatic carbocycles. The zero-order valence-electron chi connectivity index (χ0n) is 14.1. The fourth-order valence-electron chi connectivity index (χ4n) is 2.57. The van der Waals surface area contributed by atoms with E-state index in [2.05, 4.69) is 27.6 Å². The van der Waals surface area contributed by atoms with Gasteiger partial charge in [-0.1, -0.05) is 42.5 Å². The molecule has 4 nitrogen and oxygen atoms in total. The monoisotopic (exact) mass is 467 g/mol. The molecule has 4 rings (SSSR count). The van der Waals surface area contributed by atoms with Crippen molar-refractivity contribution < 1.29 is 14.3 Å². The van der Waals surface area contributed by atoms with E-state index >= 15 is 0 Å². The first-order valence-corrected chi connectivity index (χ1v) is 9.37. The van der Waals surface area contributed by atoms with Gasteiger partial charge in [0.25, 0.3) is 0 Å². The van der Waals surface area contributed by atoms with Crippen LogP contribution in [0.3, 0.4) is 0 Å². The van der Waals surface area contributed by atoms with Gasteiger partial charge in [-0.3, -0.25) is 0 Å². The maximum atomic E-state index is 12.1. The second-order valence-electron chi connectivity index (χ2n) is 5.80. The van der Waals surface area contributed by atoms with Gasteiger partial charge in [0, 0.05) is 3.57 Å². The van der Waals surface area contributed by atoms with E-state index in [1.807, 2.05) is 78.9 Å². The summed E-state index contributed by atoms with van der Waals surface area (Å²) in [5, 5.41) is 0. The Labute approximate surface area is 170 Å². The number of halogens is 1. The van der Waals surface area contributed by atoms with E-state index in [1.54, 1.807) is 6.08 Å². The first kappa shape index (κ1) is 17.5. The maximum Gasteiger partial charge on any atom is 0.363 e. The van der Waals surface area contributed by atoms with Crippen molar-refractivity contribution in [1.82, 2.24) is 0 Å². The van der Waals surface area contributed by atoms with Crippen molar-refractivity contribution in [1.29, 1.82) is 0 Å². The molecule has 1 aliphatic heterocycles. The quantitative estimate of drug-likeness (QED) is 0.292. The highest BCUT2D eigenvalue weighted by Crippen LogP contribution is 2.24. The predicted molar refractivity (Wildman–Crippen MR) is 113 cm³/mol. The summed E-state index contributed by atoms with van der Waals surface area (Å²) in [4.78, 5) is 16.5. The minimum absolute atomic E-state index is 0.279. The molecule has 0 bridgehead atoms. The molecular formula is C22H14INO3. The van der Waals surface area contributed by atoms with Crippen LogP contribution in [0.2, 0.25) is 0 Å². The molecule has 0 saturated carbocycles. The third-order valence-electron chi connectivity index (χ3n) is 3.89. The van der Waals surface area contributed by atoms with Crippen LogP contribution in [0.4, 0.5) is 0 Å². The average molecular weight is 467 g/mol. The van der Waals surface area contributed by atoms with Gasteiger partial charge in [0.05, 0.1) is 5.56 Å². The largest absolute Gasteiger partial charge is 0.457 e. The average Bonchev–Trinajstić information content (AvgIpc) is 3.05. The molecule has 0 aromatic heterocycles. The highest BCUT2D eigenvalue weighted by Gasteiger charge is 2.25. The number of hydrogen-bond donors (Lipinski definition) is 0. The van der Waals surface area contributed by atoms with Crippen LogP contribution in [0, 0.1) is 3.57 Å². The summed E-state index contributed by atoms with van der Waals surface area (Å²) in [5.74, 6) is 1.38. The van der Waals surface area contributed by atoms with Crippen molar-refractivity contribution in [2.75, 3.05) is 0 Å². The second kappa shape index (κ2) is 7.75. The number of hydrogen-bond acceptors (Lipinski definition) is 4. The Kier molecular flexibility index (Phi) is 5.02. The molecule has 1 heterocycles. The fourth-order valence-corrected chi connectivity index (χ4v) is 3.19. The first-order valence-electron chi connectivity index (χ1n) is 8.29. The number of esters is 1. The number of carbonyl (C=O) groups excluding carboxylic acids is 1. The van der Waals surface area contributed by atoms with Gasteiger partial charge in [0.15, 0.2) is 5.70 Å². The Morgan fingerprint density at radius 3 is 2.26 bits per heavy atom. The third kappa shape index (κ3) is 4.09. The molecule has 0 fully saturated rings. The van der Waals surface area contributed by atoms with Gasteiger partial charge < -0.3 is 9.47 Å². The molecule has 0 atom stereocenters. The van der Waals surface area contributed by atoms with Gasteiger partial charge in [-0.05, 0) is 70.6 Å². The Balaban J connectivity index is 1.54. The zero-order valence-corrected chi connectivity index (χ0v) is 16.3. The van der Waals surface area contributed by atoms with Gasteiger partial charge in [-0.2, -0.15) is 0 Å². The lowest BCUT2D eigenvalue weighted by Crippen LogP contribution is -2.06. The molecule has 0 unspecified atom stereocenters. The zero-order chi connectivity index (χ0) is 18.6. The number of rotatable bonds is 4. The van der Waals surface area contributed by atoms with E-state index in [0.717, 1.165) is 26.2 Å². The standard InChI is InChI=1S/C22H14INO3/c23-19-9-5-4-8-18(19)21-24-20(22(25)27-21)14-15-10-12-17(13-11-15)26-16-6-2-1-3-7-16/h1-14H/b20-14+. The predicted octanol–water partition coefficient (Wildman–Crippen LogP) is 5.43. The lowest BCUT2D eigenvalue weighted by atomic mass is 10.2. The molecule has 3 aromatic rings. The van der Waals surface area contributed by atoms with Crippen LogP contribution in [-0.2, 0) is 9.53 Å². The van der Waals surface area contributed by atoms with Crippen LogP contribution in [0.25, 0.3) is 6.08 Å².